The molecule has 7 nitrogen and oxygen atoms in total. The maximum Gasteiger partial charge on any atom is 0.264 e. The second kappa shape index (κ2) is 6.82. The normalized spacial score (nSPS) is 14.8. The van der Waals surface area contributed by atoms with Crippen LogP contribution in [0.15, 0.2) is 24.3 Å². The minimum Gasteiger partial charge on any atom is -0.482 e. The van der Waals surface area contributed by atoms with Crippen LogP contribution in [0.3, 0.4) is 0 Å². The minimum atomic E-state index is -0.421. The summed E-state index contributed by atoms with van der Waals surface area (Å²) in [6.07, 6.45) is 0. The molecule has 0 bridgehead atoms. The maximum absolute atomic E-state index is 12.9. The second-order valence-corrected chi connectivity index (χ2v) is 6.97. The number of nitrogens with zero attached hydrogens (tertiary/aromatic N) is 3. The Morgan fingerprint density at radius 3 is 2.62 bits per heavy atom. The van der Waals surface area contributed by atoms with Crippen LogP contribution in [-0.2, 0) is 9.59 Å². The number of anilines is 2. The molecule has 0 fully saturated rings. The Balaban J connectivity index is 1.86. The van der Waals surface area contributed by atoms with E-state index in [4.69, 9.17) is 4.74 Å². The SMILES string of the molecule is Cc1cc(C)n([C@H](C(=O)Nc2ccc3c(c2)N(C)C(=O)CO3)C(C)C)n1. The summed E-state index contributed by atoms with van der Waals surface area (Å²) in [5, 5.41) is 7.42. The third-order valence-corrected chi connectivity index (χ3v) is 4.52. The van der Waals surface area contributed by atoms with Crippen LogP contribution in [0.1, 0.15) is 31.3 Å². The van der Waals surface area contributed by atoms with Gasteiger partial charge < -0.3 is 15.0 Å². The fourth-order valence-electron chi connectivity index (χ4n) is 3.19. The number of rotatable bonds is 4. The molecule has 138 valence electrons. The third-order valence-electron chi connectivity index (χ3n) is 4.52. The Kier molecular flexibility index (Phi) is 4.71. The standard InChI is InChI=1S/C19H24N4O3/c1-11(2)18(23-13(4)8-12(3)21-23)19(25)20-14-6-7-16-15(9-14)22(5)17(24)10-26-16/h6-9,11,18H,10H2,1-5H3,(H,20,25)/t18-/m0/s1. The molecule has 2 amide bonds. The molecule has 0 aliphatic carbocycles. The van der Waals surface area contributed by atoms with Gasteiger partial charge in [0.2, 0.25) is 5.91 Å². The first-order valence-corrected chi connectivity index (χ1v) is 8.65. The molecule has 3 rings (SSSR count). The van der Waals surface area contributed by atoms with Crippen molar-refractivity contribution in [1.29, 1.82) is 0 Å². The molecule has 0 saturated heterocycles. The number of aryl methyl sites for hydroxylation is 2. The van der Waals surface area contributed by atoms with Crippen molar-refractivity contribution in [2.75, 3.05) is 23.9 Å². The quantitative estimate of drug-likeness (QED) is 0.914. The molecule has 0 saturated carbocycles. The summed E-state index contributed by atoms with van der Waals surface area (Å²) in [5.41, 5.74) is 3.09. The lowest BCUT2D eigenvalue weighted by Gasteiger charge is -2.27. The van der Waals surface area contributed by atoms with Gasteiger partial charge in [0.15, 0.2) is 6.61 Å². The van der Waals surface area contributed by atoms with E-state index in [0.717, 1.165) is 11.4 Å². The second-order valence-electron chi connectivity index (χ2n) is 6.97. The highest BCUT2D eigenvalue weighted by molar-refractivity contribution is 5.99. The first kappa shape index (κ1) is 18.0. The van der Waals surface area contributed by atoms with Crippen LogP contribution in [0.25, 0.3) is 0 Å². The van der Waals surface area contributed by atoms with Gasteiger partial charge in [0.1, 0.15) is 11.8 Å². The number of likely N-dealkylation sites (N-methyl/N-ethyl adjacent to an activating group) is 1. The largest absolute Gasteiger partial charge is 0.482 e. The third kappa shape index (κ3) is 3.29. The number of hydrogen-bond acceptors (Lipinski definition) is 4. The van der Waals surface area contributed by atoms with Gasteiger partial charge in [-0.25, -0.2) is 0 Å². The fraction of sp³-hybridized carbons (Fsp3) is 0.421. The smallest absolute Gasteiger partial charge is 0.264 e. The Morgan fingerprint density at radius 2 is 2.00 bits per heavy atom. The van der Waals surface area contributed by atoms with E-state index in [-0.39, 0.29) is 24.3 Å². The van der Waals surface area contributed by atoms with E-state index in [0.29, 0.717) is 17.1 Å². The number of aromatic nitrogens is 2. The maximum atomic E-state index is 12.9. The van der Waals surface area contributed by atoms with E-state index in [1.54, 1.807) is 29.9 Å². The Bertz CT molecular complexity index is 856. The monoisotopic (exact) mass is 356 g/mol. The lowest BCUT2D eigenvalue weighted by Crippen LogP contribution is -2.35. The topological polar surface area (TPSA) is 76.5 Å². The summed E-state index contributed by atoms with van der Waals surface area (Å²) in [7, 11) is 1.70. The summed E-state index contributed by atoms with van der Waals surface area (Å²) < 4.78 is 7.19. The molecule has 7 heteroatoms. The van der Waals surface area contributed by atoms with Crippen molar-refractivity contribution in [1.82, 2.24) is 9.78 Å². The van der Waals surface area contributed by atoms with Crippen molar-refractivity contribution in [3.63, 3.8) is 0 Å². The molecule has 2 heterocycles. The molecular weight excluding hydrogens is 332 g/mol. The van der Waals surface area contributed by atoms with Gasteiger partial charge >= 0.3 is 0 Å². The van der Waals surface area contributed by atoms with Crippen molar-refractivity contribution in [3.05, 3.63) is 35.7 Å². The zero-order chi connectivity index (χ0) is 19.0. The van der Waals surface area contributed by atoms with Gasteiger partial charge in [0.25, 0.3) is 5.91 Å². The Labute approximate surface area is 152 Å². The summed E-state index contributed by atoms with van der Waals surface area (Å²) in [6, 6.07) is 6.83. The first-order valence-electron chi connectivity index (χ1n) is 8.65. The van der Waals surface area contributed by atoms with Crippen LogP contribution >= 0.6 is 0 Å². The van der Waals surface area contributed by atoms with Crippen LogP contribution in [0.5, 0.6) is 5.75 Å². The lowest BCUT2D eigenvalue weighted by molar-refractivity contribution is -0.121. The van der Waals surface area contributed by atoms with Crippen molar-refractivity contribution in [3.8, 4) is 5.75 Å². The predicted octanol–water partition coefficient (Wildman–Crippen LogP) is 2.69. The van der Waals surface area contributed by atoms with Crippen LogP contribution in [-0.4, -0.2) is 35.2 Å². The van der Waals surface area contributed by atoms with E-state index < -0.39 is 6.04 Å². The molecule has 26 heavy (non-hydrogen) atoms. The number of ether oxygens (including phenoxy) is 1. The van der Waals surface area contributed by atoms with Crippen molar-refractivity contribution in [2.45, 2.75) is 33.7 Å². The minimum absolute atomic E-state index is 0.0303. The van der Waals surface area contributed by atoms with Gasteiger partial charge in [-0.05, 0) is 44.0 Å². The molecule has 1 atom stereocenters. The van der Waals surface area contributed by atoms with Crippen molar-refractivity contribution in [2.24, 2.45) is 5.92 Å². The zero-order valence-corrected chi connectivity index (χ0v) is 15.7. The molecular formula is C19H24N4O3. The molecule has 0 spiro atoms. The molecule has 1 aliphatic rings. The van der Waals surface area contributed by atoms with Crippen LogP contribution in [0.4, 0.5) is 11.4 Å². The summed E-state index contributed by atoms with van der Waals surface area (Å²) in [6.45, 7) is 7.87. The fourth-order valence-corrected chi connectivity index (χ4v) is 3.19. The van der Waals surface area contributed by atoms with Crippen LogP contribution in [0.2, 0.25) is 0 Å². The van der Waals surface area contributed by atoms with Crippen molar-refractivity contribution < 1.29 is 14.3 Å². The van der Waals surface area contributed by atoms with Crippen LogP contribution in [0, 0.1) is 19.8 Å². The first-order chi connectivity index (χ1) is 12.3. The highest BCUT2D eigenvalue weighted by atomic mass is 16.5. The molecule has 0 radical (unpaired) electrons. The number of hydrogen-bond donors (Lipinski definition) is 1. The van der Waals surface area contributed by atoms with Gasteiger partial charge in [0.05, 0.1) is 11.4 Å². The number of amides is 2. The molecule has 0 unspecified atom stereocenters. The van der Waals surface area contributed by atoms with E-state index in [2.05, 4.69) is 10.4 Å². The zero-order valence-electron chi connectivity index (χ0n) is 15.7. The Morgan fingerprint density at radius 1 is 1.27 bits per heavy atom. The van der Waals surface area contributed by atoms with E-state index in [9.17, 15) is 9.59 Å². The van der Waals surface area contributed by atoms with E-state index in [1.165, 1.54) is 4.90 Å². The average molecular weight is 356 g/mol. The summed E-state index contributed by atoms with van der Waals surface area (Å²) in [5.74, 6) is 0.433. The van der Waals surface area contributed by atoms with Gasteiger partial charge in [-0.1, -0.05) is 13.8 Å². The highest BCUT2D eigenvalue weighted by Gasteiger charge is 2.27. The molecule has 1 aromatic carbocycles. The Hall–Kier alpha value is -2.83. The molecule has 1 aliphatic heterocycles. The van der Waals surface area contributed by atoms with E-state index >= 15 is 0 Å². The number of benzene rings is 1. The van der Waals surface area contributed by atoms with Gasteiger partial charge in [0, 0.05) is 18.4 Å². The van der Waals surface area contributed by atoms with E-state index in [1.807, 2.05) is 33.8 Å². The van der Waals surface area contributed by atoms with Gasteiger partial charge in [-0.3, -0.25) is 14.3 Å². The highest BCUT2D eigenvalue weighted by Crippen LogP contribution is 2.34. The van der Waals surface area contributed by atoms with Gasteiger partial charge in [-0.2, -0.15) is 5.10 Å². The number of fused-ring (bicyclic) bond motifs is 1. The number of carbonyl (C=O) groups excluding carboxylic acids is 2. The summed E-state index contributed by atoms with van der Waals surface area (Å²) in [4.78, 5) is 26.3. The number of carbonyl (C=O) groups is 2. The van der Waals surface area contributed by atoms with Crippen molar-refractivity contribution >= 4 is 23.2 Å². The average Bonchev–Trinajstić information content (AvgIpc) is 2.89. The van der Waals surface area contributed by atoms with Gasteiger partial charge in [-0.15, -0.1) is 0 Å². The molecule has 2 aromatic rings. The lowest BCUT2D eigenvalue weighted by atomic mass is 10.0. The molecule has 1 N–H and O–H groups in total. The molecule has 1 aromatic heterocycles. The predicted molar refractivity (Wildman–Crippen MR) is 99.6 cm³/mol. The number of nitrogens with one attached hydrogen (secondary N) is 1. The van der Waals surface area contributed by atoms with Crippen LogP contribution < -0.4 is 15.0 Å². The summed E-state index contributed by atoms with van der Waals surface area (Å²) >= 11 is 0.